The molecule has 0 bridgehead atoms. The molecule has 1 rings (SSSR count). The average Bonchev–Trinajstić information content (AvgIpc) is 2.38. The van der Waals surface area contributed by atoms with Crippen molar-refractivity contribution >= 4 is 15.9 Å². The molecule has 0 radical (unpaired) electrons. The molecule has 0 fully saturated rings. The normalized spacial score (nSPS) is 12.9. The SMILES string of the molecule is CCCC(CCC)C(Cc1ccc(Br)cc1)NN. The predicted molar refractivity (Wildman–Crippen MR) is 82.3 cm³/mol. The predicted octanol–water partition coefficient (Wildman–Crippen LogP) is 4.04. The summed E-state index contributed by atoms with van der Waals surface area (Å²) < 4.78 is 1.13. The molecule has 0 amide bonds. The standard InChI is InChI=1S/C15H25BrN2/c1-3-5-13(6-4-2)15(18-17)11-12-7-9-14(16)10-8-12/h7-10,13,15,18H,3-6,11,17H2,1-2H3. The van der Waals surface area contributed by atoms with Crippen molar-refractivity contribution in [1.82, 2.24) is 5.43 Å². The van der Waals surface area contributed by atoms with Gasteiger partial charge in [-0.15, -0.1) is 0 Å². The van der Waals surface area contributed by atoms with Gasteiger partial charge in [0.05, 0.1) is 0 Å². The lowest BCUT2D eigenvalue weighted by Crippen LogP contribution is -2.42. The molecule has 1 atom stereocenters. The lowest BCUT2D eigenvalue weighted by Gasteiger charge is -2.26. The van der Waals surface area contributed by atoms with Crippen LogP contribution in [0.2, 0.25) is 0 Å². The number of nitrogens with one attached hydrogen (secondary N) is 1. The van der Waals surface area contributed by atoms with E-state index < -0.39 is 0 Å². The highest BCUT2D eigenvalue weighted by atomic mass is 79.9. The van der Waals surface area contributed by atoms with Gasteiger partial charge in [0.15, 0.2) is 0 Å². The molecule has 3 heteroatoms. The molecular formula is C15H25BrN2. The highest BCUT2D eigenvalue weighted by molar-refractivity contribution is 9.10. The molecule has 0 spiro atoms. The number of rotatable bonds is 8. The molecule has 2 nitrogen and oxygen atoms in total. The Labute approximate surface area is 119 Å². The Morgan fingerprint density at radius 2 is 1.67 bits per heavy atom. The second-order valence-electron chi connectivity index (χ2n) is 4.94. The van der Waals surface area contributed by atoms with Gasteiger partial charge < -0.3 is 0 Å². The van der Waals surface area contributed by atoms with Gasteiger partial charge in [0.25, 0.3) is 0 Å². The van der Waals surface area contributed by atoms with Gasteiger partial charge in [0.2, 0.25) is 0 Å². The zero-order valence-electron chi connectivity index (χ0n) is 11.5. The number of benzene rings is 1. The summed E-state index contributed by atoms with van der Waals surface area (Å²) in [5.74, 6) is 6.43. The summed E-state index contributed by atoms with van der Waals surface area (Å²) in [6, 6.07) is 8.91. The second kappa shape index (κ2) is 8.68. The van der Waals surface area contributed by atoms with Crippen LogP contribution < -0.4 is 11.3 Å². The molecule has 0 heterocycles. The molecule has 1 aromatic carbocycles. The summed E-state index contributed by atoms with van der Waals surface area (Å²) in [4.78, 5) is 0. The molecule has 18 heavy (non-hydrogen) atoms. The van der Waals surface area contributed by atoms with Gasteiger partial charge in [-0.25, -0.2) is 0 Å². The summed E-state index contributed by atoms with van der Waals surface area (Å²) in [5, 5.41) is 0. The Morgan fingerprint density at radius 1 is 1.11 bits per heavy atom. The first-order valence-corrected chi connectivity index (χ1v) is 7.71. The summed E-state index contributed by atoms with van der Waals surface area (Å²) >= 11 is 3.47. The third kappa shape index (κ3) is 5.09. The van der Waals surface area contributed by atoms with E-state index in [-0.39, 0.29) is 0 Å². The van der Waals surface area contributed by atoms with Crippen LogP contribution >= 0.6 is 15.9 Å². The Balaban J connectivity index is 2.66. The van der Waals surface area contributed by atoms with E-state index in [0.717, 1.165) is 10.9 Å². The number of hydrogen-bond donors (Lipinski definition) is 2. The van der Waals surface area contributed by atoms with Gasteiger partial charge in [0, 0.05) is 10.5 Å². The Bertz CT molecular complexity index is 318. The quantitative estimate of drug-likeness (QED) is 0.561. The van der Waals surface area contributed by atoms with Crippen molar-refractivity contribution in [1.29, 1.82) is 0 Å². The van der Waals surface area contributed by atoms with Crippen molar-refractivity contribution in [2.75, 3.05) is 0 Å². The summed E-state index contributed by atoms with van der Waals surface area (Å²) in [6.45, 7) is 4.49. The molecule has 3 N–H and O–H groups in total. The lowest BCUT2D eigenvalue weighted by atomic mass is 9.87. The maximum Gasteiger partial charge on any atom is 0.0279 e. The minimum atomic E-state index is 0.381. The Kier molecular flexibility index (Phi) is 7.56. The zero-order chi connectivity index (χ0) is 13.4. The van der Waals surface area contributed by atoms with E-state index in [9.17, 15) is 0 Å². The highest BCUT2D eigenvalue weighted by Gasteiger charge is 2.19. The van der Waals surface area contributed by atoms with E-state index >= 15 is 0 Å². The summed E-state index contributed by atoms with van der Waals surface area (Å²) in [5.41, 5.74) is 4.37. The highest BCUT2D eigenvalue weighted by Crippen LogP contribution is 2.21. The summed E-state index contributed by atoms with van der Waals surface area (Å²) in [6.07, 6.45) is 5.96. The Hall–Kier alpha value is -0.380. The van der Waals surface area contributed by atoms with Crippen LogP contribution in [-0.2, 0) is 6.42 Å². The first kappa shape index (κ1) is 15.7. The second-order valence-corrected chi connectivity index (χ2v) is 5.86. The van der Waals surface area contributed by atoms with E-state index in [1.165, 1.54) is 31.2 Å². The van der Waals surface area contributed by atoms with E-state index in [2.05, 4.69) is 59.5 Å². The fraction of sp³-hybridized carbons (Fsp3) is 0.600. The van der Waals surface area contributed by atoms with Gasteiger partial charge in [-0.05, 0) is 42.9 Å². The molecule has 0 saturated heterocycles. The van der Waals surface area contributed by atoms with Crippen LogP contribution in [0.4, 0.5) is 0 Å². The number of hydrogen-bond acceptors (Lipinski definition) is 2. The van der Waals surface area contributed by atoms with Crippen LogP contribution in [0.1, 0.15) is 45.1 Å². The van der Waals surface area contributed by atoms with Crippen LogP contribution in [0.5, 0.6) is 0 Å². The van der Waals surface area contributed by atoms with Crippen molar-refractivity contribution in [3.63, 3.8) is 0 Å². The fourth-order valence-corrected chi connectivity index (χ4v) is 2.79. The van der Waals surface area contributed by atoms with Crippen LogP contribution in [0.15, 0.2) is 28.7 Å². The van der Waals surface area contributed by atoms with Crippen molar-refractivity contribution in [2.24, 2.45) is 11.8 Å². The van der Waals surface area contributed by atoms with Gasteiger partial charge in [0.1, 0.15) is 0 Å². The molecule has 1 aromatic rings. The molecule has 0 aliphatic carbocycles. The molecule has 0 aliphatic rings. The topological polar surface area (TPSA) is 38.0 Å². The average molecular weight is 313 g/mol. The molecule has 0 aromatic heterocycles. The lowest BCUT2D eigenvalue weighted by molar-refractivity contribution is 0.311. The van der Waals surface area contributed by atoms with Crippen molar-refractivity contribution in [3.8, 4) is 0 Å². The minimum absolute atomic E-state index is 0.381. The largest absolute Gasteiger partial charge is 0.271 e. The van der Waals surface area contributed by atoms with Crippen LogP contribution in [0.25, 0.3) is 0 Å². The smallest absolute Gasteiger partial charge is 0.0279 e. The monoisotopic (exact) mass is 312 g/mol. The number of halogens is 1. The molecule has 0 saturated carbocycles. The zero-order valence-corrected chi connectivity index (χ0v) is 13.0. The van der Waals surface area contributed by atoms with Crippen molar-refractivity contribution in [3.05, 3.63) is 34.3 Å². The van der Waals surface area contributed by atoms with Gasteiger partial charge >= 0.3 is 0 Å². The van der Waals surface area contributed by atoms with Gasteiger partial charge in [-0.2, -0.15) is 0 Å². The maximum atomic E-state index is 5.75. The van der Waals surface area contributed by atoms with Crippen LogP contribution in [0.3, 0.4) is 0 Å². The van der Waals surface area contributed by atoms with Crippen LogP contribution in [0, 0.1) is 5.92 Å². The van der Waals surface area contributed by atoms with E-state index in [1.807, 2.05) is 0 Å². The third-order valence-electron chi connectivity index (χ3n) is 3.47. The maximum absolute atomic E-state index is 5.75. The van der Waals surface area contributed by atoms with E-state index in [4.69, 9.17) is 5.84 Å². The van der Waals surface area contributed by atoms with Gasteiger partial charge in [-0.1, -0.05) is 54.8 Å². The molecule has 0 aliphatic heterocycles. The van der Waals surface area contributed by atoms with Crippen molar-refractivity contribution < 1.29 is 0 Å². The summed E-state index contributed by atoms with van der Waals surface area (Å²) in [7, 11) is 0. The van der Waals surface area contributed by atoms with E-state index in [0.29, 0.717) is 12.0 Å². The van der Waals surface area contributed by atoms with Crippen molar-refractivity contribution in [2.45, 2.75) is 52.0 Å². The first-order chi connectivity index (χ1) is 8.71. The number of hydrazine groups is 1. The molecular weight excluding hydrogens is 288 g/mol. The minimum Gasteiger partial charge on any atom is -0.271 e. The number of nitrogens with two attached hydrogens (primary N) is 1. The molecule has 1 unspecified atom stereocenters. The third-order valence-corrected chi connectivity index (χ3v) is 4.00. The Morgan fingerprint density at radius 3 is 2.11 bits per heavy atom. The fourth-order valence-electron chi connectivity index (χ4n) is 2.52. The van der Waals surface area contributed by atoms with Gasteiger partial charge in [-0.3, -0.25) is 11.3 Å². The molecule has 102 valence electrons. The van der Waals surface area contributed by atoms with E-state index in [1.54, 1.807) is 0 Å². The van der Waals surface area contributed by atoms with Crippen LogP contribution in [-0.4, -0.2) is 6.04 Å². The first-order valence-electron chi connectivity index (χ1n) is 6.91.